The lowest BCUT2D eigenvalue weighted by atomic mass is 10.1. The summed E-state index contributed by atoms with van der Waals surface area (Å²) >= 11 is 0.864. The van der Waals surface area contributed by atoms with Crippen molar-refractivity contribution in [1.82, 2.24) is 14.7 Å². The minimum Gasteiger partial charge on any atom is -0.462 e. The molecule has 14 heteroatoms. The average Bonchev–Trinajstić information content (AvgIpc) is 3.22. The SMILES string of the molecule is CCCOC(=O)c1c(NC(=O)Cn2nc(C(F)F)c([N+](=O)[O-])c2C)sc(C(=O)N(C)C)c1C. The van der Waals surface area contributed by atoms with E-state index in [1.54, 1.807) is 13.8 Å². The number of rotatable bonds is 9. The maximum absolute atomic E-state index is 13.1. The highest BCUT2D eigenvalue weighted by atomic mass is 32.1. The molecule has 2 heterocycles. The Morgan fingerprint density at radius 1 is 1.30 bits per heavy atom. The van der Waals surface area contributed by atoms with Gasteiger partial charge in [-0.1, -0.05) is 6.92 Å². The summed E-state index contributed by atoms with van der Waals surface area (Å²) in [6, 6.07) is 0. The summed E-state index contributed by atoms with van der Waals surface area (Å²) in [4.78, 5) is 49.4. The van der Waals surface area contributed by atoms with E-state index < -0.39 is 41.2 Å². The monoisotopic (exact) mass is 487 g/mol. The summed E-state index contributed by atoms with van der Waals surface area (Å²) in [5.74, 6) is -1.90. The molecule has 0 unspecified atom stereocenters. The van der Waals surface area contributed by atoms with Crippen LogP contribution in [-0.2, 0) is 16.1 Å². The van der Waals surface area contributed by atoms with Crippen LogP contribution in [0.25, 0.3) is 0 Å². The fourth-order valence-electron chi connectivity index (χ4n) is 2.91. The summed E-state index contributed by atoms with van der Waals surface area (Å²) in [5.41, 5.74) is -1.81. The van der Waals surface area contributed by atoms with Crippen molar-refractivity contribution in [3.63, 3.8) is 0 Å². The Labute approximate surface area is 191 Å². The van der Waals surface area contributed by atoms with Crippen LogP contribution in [0.2, 0.25) is 0 Å². The van der Waals surface area contributed by atoms with Crippen molar-refractivity contribution in [2.24, 2.45) is 0 Å². The Kier molecular flexibility index (Phi) is 8.19. The molecule has 0 atom stereocenters. The molecule has 33 heavy (non-hydrogen) atoms. The van der Waals surface area contributed by atoms with Crippen LogP contribution in [0.3, 0.4) is 0 Å². The molecule has 2 amide bonds. The summed E-state index contributed by atoms with van der Waals surface area (Å²) in [7, 11) is 3.06. The number of anilines is 1. The molecule has 0 aromatic carbocycles. The van der Waals surface area contributed by atoms with E-state index >= 15 is 0 Å². The van der Waals surface area contributed by atoms with E-state index in [0.717, 1.165) is 16.0 Å². The van der Waals surface area contributed by atoms with Gasteiger partial charge in [0, 0.05) is 14.1 Å². The van der Waals surface area contributed by atoms with Crippen molar-refractivity contribution >= 4 is 39.8 Å². The first kappa shape index (κ1) is 25.8. The molecule has 0 spiro atoms. The third kappa shape index (κ3) is 5.50. The maximum Gasteiger partial charge on any atom is 0.341 e. The molecule has 2 aromatic heterocycles. The van der Waals surface area contributed by atoms with Gasteiger partial charge in [0.25, 0.3) is 12.3 Å². The van der Waals surface area contributed by atoms with Crippen molar-refractivity contribution in [3.05, 3.63) is 37.5 Å². The first-order chi connectivity index (χ1) is 15.4. The van der Waals surface area contributed by atoms with Gasteiger partial charge in [0.05, 0.1) is 22.0 Å². The van der Waals surface area contributed by atoms with Crippen LogP contribution in [0, 0.1) is 24.0 Å². The van der Waals surface area contributed by atoms with E-state index in [0.29, 0.717) is 12.0 Å². The highest BCUT2D eigenvalue weighted by Gasteiger charge is 2.32. The second-order valence-corrected chi connectivity index (χ2v) is 8.20. The van der Waals surface area contributed by atoms with E-state index in [9.17, 15) is 33.3 Å². The summed E-state index contributed by atoms with van der Waals surface area (Å²) in [6.07, 6.45) is -2.64. The Morgan fingerprint density at radius 3 is 2.42 bits per heavy atom. The Morgan fingerprint density at radius 2 is 1.94 bits per heavy atom. The second kappa shape index (κ2) is 10.5. The lowest BCUT2D eigenvalue weighted by Gasteiger charge is -2.09. The van der Waals surface area contributed by atoms with Gasteiger partial charge in [-0.25, -0.2) is 13.6 Å². The Bertz CT molecular complexity index is 1100. The molecular formula is C19H23F2N5O6S. The lowest BCUT2D eigenvalue weighted by Crippen LogP contribution is -2.21. The number of halogens is 2. The largest absolute Gasteiger partial charge is 0.462 e. The third-order valence-electron chi connectivity index (χ3n) is 4.53. The Balaban J connectivity index is 2.40. The number of nitrogens with one attached hydrogen (secondary N) is 1. The van der Waals surface area contributed by atoms with Crippen LogP contribution < -0.4 is 5.32 Å². The van der Waals surface area contributed by atoms with Gasteiger partial charge in [-0.05, 0) is 25.8 Å². The van der Waals surface area contributed by atoms with Gasteiger partial charge in [-0.15, -0.1) is 11.3 Å². The van der Waals surface area contributed by atoms with E-state index in [1.807, 2.05) is 0 Å². The van der Waals surface area contributed by atoms with Crippen LogP contribution in [0.15, 0.2) is 0 Å². The molecule has 2 rings (SSSR count). The summed E-state index contributed by atoms with van der Waals surface area (Å²) in [6.45, 7) is 4.04. The topological polar surface area (TPSA) is 137 Å². The van der Waals surface area contributed by atoms with Crippen molar-refractivity contribution in [2.45, 2.75) is 40.2 Å². The number of carbonyl (C=O) groups is 3. The predicted octanol–water partition coefficient (Wildman–Crippen LogP) is 3.31. The third-order valence-corrected chi connectivity index (χ3v) is 5.72. The number of amides is 2. The number of thiophene rings is 1. The average molecular weight is 487 g/mol. The van der Waals surface area contributed by atoms with Gasteiger partial charge >= 0.3 is 11.7 Å². The van der Waals surface area contributed by atoms with E-state index in [-0.39, 0.29) is 33.6 Å². The molecule has 1 N–H and O–H groups in total. The van der Waals surface area contributed by atoms with Gasteiger partial charge in [-0.2, -0.15) is 5.10 Å². The summed E-state index contributed by atoms with van der Waals surface area (Å²) < 4.78 is 32.2. The van der Waals surface area contributed by atoms with Crippen LogP contribution >= 0.6 is 11.3 Å². The van der Waals surface area contributed by atoms with Crippen molar-refractivity contribution in [1.29, 1.82) is 0 Å². The van der Waals surface area contributed by atoms with Gasteiger partial charge in [0.1, 0.15) is 17.2 Å². The first-order valence-corrected chi connectivity index (χ1v) is 10.5. The van der Waals surface area contributed by atoms with Gasteiger partial charge in [-0.3, -0.25) is 24.4 Å². The number of hydrogen-bond acceptors (Lipinski definition) is 8. The van der Waals surface area contributed by atoms with E-state index in [2.05, 4.69) is 10.4 Å². The number of nitro groups is 1. The van der Waals surface area contributed by atoms with Gasteiger partial charge in [0.15, 0.2) is 0 Å². The molecule has 0 radical (unpaired) electrons. The van der Waals surface area contributed by atoms with Crippen LogP contribution in [0.4, 0.5) is 19.5 Å². The van der Waals surface area contributed by atoms with Crippen molar-refractivity contribution in [2.75, 3.05) is 26.0 Å². The number of aromatic nitrogens is 2. The van der Waals surface area contributed by atoms with Crippen LogP contribution in [0.1, 0.15) is 56.8 Å². The number of alkyl halides is 2. The highest BCUT2D eigenvalue weighted by molar-refractivity contribution is 7.18. The molecule has 0 saturated carbocycles. The number of hydrogen-bond donors (Lipinski definition) is 1. The van der Waals surface area contributed by atoms with Gasteiger partial charge < -0.3 is 15.0 Å². The normalized spacial score (nSPS) is 10.9. The second-order valence-electron chi connectivity index (χ2n) is 7.18. The molecule has 0 saturated heterocycles. The quantitative estimate of drug-likeness (QED) is 0.325. The van der Waals surface area contributed by atoms with Gasteiger partial charge in [0.2, 0.25) is 11.6 Å². The molecule has 0 aliphatic heterocycles. The van der Waals surface area contributed by atoms with Crippen LogP contribution in [-0.4, -0.2) is 58.1 Å². The van der Waals surface area contributed by atoms with Crippen LogP contribution in [0.5, 0.6) is 0 Å². The molecule has 0 aliphatic carbocycles. The first-order valence-electron chi connectivity index (χ1n) is 9.72. The zero-order valence-electron chi connectivity index (χ0n) is 18.6. The number of esters is 1. The van der Waals surface area contributed by atoms with Crippen molar-refractivity contribution < 1.29 is 32.8 Å². The smallest absolute Gasteiger partial charge is 0.341 e. The molecule has 180 valence electrons. The fourth-order valence-corrected chi connectivity index (χ4v) is 4.14. The number of carbonyl (C=O) groups excluding carboxylic acids is 3. The zero-order valence-corrected chi connectivity index (χ0v) is 19.4. The minimum absolute atomic E-state index is 0.00318. The molecule has 2 aromatic rings. The fraction of sp³-hybridized carbons (Fsp3) is 0.474. The molecule has 11 nitrogen and oxygen atoms in total. The Hall–Kier alpha value is -3.42. The van der Waals surface area contributed by atoms with E-state index in [1.165, 1.54) is 25.9 Å². The van der Waals surface area contributed by atoms with Crippen molar-refractivity contribution in [3.8, 4) is 0 Å². The molecule has 0 aliphatic rings. The van der Waals surface area contributed by atoms with E-state index in [4.69, 9.17) is 4.74 Å². The molecule has 0 fully saturated rings. The molecule has 0 bridgehead atoms. The predicted molar refractivity (Wildman–Crippen MR) is 115 cm³/mol. The molecular weight excluding hydrogens is 464 g/mol. The highest BCUT2D eigenvalue weighted by Crippen LogP contribution is 2.35. The number of nitrogens with zero attached hydrogens (tertiary/aromatic N) is 4. The standard InChI is InChI=1S/C19H23F2N5O6S/c1-6-7-32-19(29)12-9(2)15(18(28)24(4)5)33-17(12)22-11(27)8-25-10(3)14(26(30)31)13(23-25)16(20)21/h16H,6-8H2,1-5H3,(H,22,27). The number of ether oxygens (including phenoxy) is 1. The lowest BCUT2D eigenvalue weighted by molar-refractivity contribution is -0.386. The maximum atomic E-state index is 13.1. The zero-order chi connectivity index (χ0) is 25.0. The summed E-state index contributed by atoms with van der Waals surface area (Å²) in [5, 5.41) is 17.1. The minimum atomic E-state index is -3.20.